The molecule has 0 atom stereocenters. The Balaban J connectivity index is 1.42. The van der Waals surface area contributed by atoms with Gasteiger partial charge in [-0.15, -0.1) is 5.06 Å². The first kappa shape index (κ1) is 20.0. The summed E-state index contributed by atoms with van der Waals surface area (Å²) in [5.41, 5.74) is 2.22. The lowest BCUT2D eigenvalue weighted by Crippen LogP contribution is -2.48. The number of hydrogen-bond donors (Lipinski definition) is 0. The van der Waals surface area contributed by atoms with E-state index in [1.807, 2.05) is 51.1 Å². The normalized spacial score (nSPS) is 15.2. The Kier molecular flexibility index (Phi) is 5.50. The van der Waals surface area contributed by atoms with Crippen LogP contribution in [0.2, 0.25) is 0 Å². The molecule has 0 amide bonds. The summed E-state index contributed by atoms with van der Waals surface area (Å²) >= 11 is 0. The van der Waals surface area contributed by atoms with Gasteiger partial charge < -0.3 is 14.3 Å². The van der Waals surface area contributed by atoms with E-state index in [0.29, 0.717) is 24.8 Å². The minimum atomic E-state index is -0.510. The number of nitrogens with zero attached hydrogens (tertiary/aromatic N) is 5. The van der Waals surface area contributed by atoms with Crippen molar-refractivity contribution in [2.75, 3.05) is 31.1 Å². The number of hydroxylamine groups is 2. The van der Waals surface area contributed by atoms with Crippen LogP contribution < -0.4 is 4.90 Å². The Labute approximate surface area is 175 Å². The zero-order chi connectivity index (χ0) is 21.1. The summed E-state index contributed by atoms with van der Waals surface area (Å²) in [4.78, 5) is 28.4. The van der Waals surface area contributed by atoms with Crippen molar-refractivity contribution in [3.8, 4) is 22.8 Å². The van der Waals surface area contributed by atoms with Gasteiger partial charge in [0.25, 0.3) is 5.89 Å². The highest BCUT2D eigenvalue weighted by Gasteiger charge is 2.28. The number of pyridine rings is 1. The molecule has 0 unspecified atom stereocenters. The molecule has 8 nitrogen and oxygen atoms in total. The molecule has 8 heteroatoms. The fourth-order valence-electron chi connectivity index (χ4n) is 3.08. The van der Waals surface area contributed by atoms with Gasteiger partial charge in [-0.2, -0.15) is 4.98 Å². The zero-order valence-corrected chi connectivity index (χ0v) is 17.4. The predicted molar refractivity (Wildman–Crippen MR) is 112 cm³/mol. The molecule has 30 heavy (non-hydrogen) atoms. The molecule has 156 valence electrons. The number of piperazine rings is 1. The maximum Gasteiger partial charge on any atom is 0.330 e. The fourth-order valence-corrected chi connectivity index (χ4v) is 3.08. The van der Waals surface area contributed by atoms with Crippen LogP contribution >= 0.6 is 0 Å². The molecule has 1 aliphatic heterocycles. The average Bonchev–Trinajstić information content (AvgIpc) is 3.25. The summed E-state index contributed by atoms with van der Waals surface area (Å²) in [5, 5.41) is 5.81. The zero-order valence-electron chi connectivity index (χ0n) is 17.4. The van der Waals surface area contributed by atoms with Crippen molar-refractivity contribution in [1.29, 1.82) is 0 Å². The highest BCUT2D eigenvalue weighted by molar-refractivity contribution is 5.75. The molecule has 0 bridgehead atoms. The van der Waals surface area contributed by atoms with Crippen molar-refractivity contribution >= 4 is 11.7 Å². The van der Waals surface area contributed by atoms with E-state index in [-0.39, 0.29) is 5.97 Å². The van der Waals surface area contributed by atoms with Crippen LogP contribution in [0.4, 0.5) is 5.69 Å². The van der Waals surface area contributed by atoms with Crippen LogP contribution in [0.5, 0.6) is 0 Å². The van der Waals surface area contributed by atoms with E-state index in [1.54, 1.807) is 17.5 Å². The maximum atomic E-state index is 12.1. The molecule has 1 fully saturated rings. The van der Waals surface area contributed by atoms with E-state index in [1.165, 1.54) is 0 Å². The molecule has 3 heterocycles. The van der Waals surface area contributed by atoms with Gasteiger partial charge in [0.1, 0.15) is 0 Å². The van der Waals surface area contributed by atoms with E-state index in [0.717, 1.165) is 29.9 Å². The smallest absolute Gasteiger partial charge is 0.330 e. The Morgan fingerprint density at radius 1 is 1.07 bits per heavy atom. The summed E-state index contributed by atoms with van der Waals surface area (Å²) in [6.45, 7) is 8.38. The Hall–Kier alpha value is -3.26. The van der Waals surface area contributed by atoms with E-state index >= 15 is 0 Å². The summed E-state index contributed by atoms with van der Waals surface area (Å²) in [7, 11) is 0. The molecule has 0 radical (unpaired) electrons. The van der Waals surface area contributed by atoms with E-state index < -0.39 is 5.41 Å². The first-order valence-electron chi connectivity index (χ1n) is 9.97. The van der Waals surface area contributed by atoms with Crippen molar-refractivity contribution in [2.45, 2.75) is 20.8 Å². The number of carbonyl (C=O) groups is 1. The summed E-state index contributed by atoms with van der Waals surface area (Å²) < 4.78 is 5.47. The van der Waals surface area contributed by atoms with Crippen LogP contribution in [-0.4, -0.2) is 52.3 Å². The summed E-state index contributed by atoms with van der Waals surface area (Å²) in [6, 6.07) is 11.8. The molecule has 1 saturated heterocycles. The van der Waals surface area contributed by atoms with Gasteiger partial charge in [-0.3, -0.25) is 4.98 Å². The van der Waals surface area contributed by atoms with Gasteiger partial charge in [-0.25, -0.2) is 4.79 Å². The molecule has 0 aliphatic carbocycles. The third-order valence-corrected chi connectivity index (χ3v) is 4.87. The number of aromatic nitrogens is 3. The molecule has 0 spiro atoms. The van der Waals surface area contributed by atoms with E-state index in [4.69, 9.17) is 9.36 Å². The van der Waals surface area contributed by atoms with Crippen molar-refractivity contribution in [3.05, 3.63) is 48.8 Å². The number of anilines is 1. The molecular formula is C22H25N5O3. The maximum absolute atomic E-state index is 12.1. The topological polar surface area (TPSA) is 84.6 Å². The lowest BCUT2D eigenvalue weighted by Gasteiger charge is -2.35. The van der Waals surface area contributed by atoms with Crippen LogP contribution in [0.3, 0.4) is 0 Å². The lowest BCUT2D eigenvalue weighted by molar-refractivity contribution is -0.201. The largest absolute Gasteiger partial charge is 0.369 e. The molecule has 2 aromatic heterocycles. The predicted octanol–water partition coefficient (Wildman–Crippen LogP) is 3.42. The van der Waals surface area contributed by atoms with Gasteiger partial charge in [-0.1, -0.05) is 11.2 Å². The average molecular weight is 407 g/mol. The van der Waals surface area contributed by atoms with Gasteiger partial charge >= 0.3 is 5.97 Å². The van der Waals surface area contributed by atoms with Crippen molar-refractivity contribution < 1.29 is 14.2 Å². The second-order valence-electron chi connectivity index (χ2n) is 8.26. The standard InChI is InChI=1S/C22H25N5O3/c1-22(2,3)21(28)30-27-12-10-26(11-13-27)18-8-4-6-16(14-18)20-24-19(25-29-20)17-7-5-9-23-15-17/h4-9,14-15H,10-13H2,1-3H3. The third-order valence-electron chi connectivity index (χ3n) is 4.87. The molecule has 1 aromatic carbocycles. The Morgan fingerprint density at radius 3 is 2.53 bits per heavy atom. The molecule has 3 aromatic rings. The second kappa shape index (κ2) is 8.23. The summed E-state index contributed by atoms with van der Waals surface area (Å²) in [6.07, 6.45) is 3.41. The SMILES string of the molecule is CC(C)(C)C(=O)ON1CCN(c2cccc(-c3nc(-c4cccnc4)no3)c2)CC1. The number of carbonyl (C=O) groups excluding carboxylic acids is 1. The van der Waals surface area contributed by atoms with Gasteiger partial charge in [0, 0.05) is 42.3 Å². The van der Waals surface area contributed by atoms with Crippen LogP contribution in [0.15, 0.2) is 53.3 Å². The van der Waals surface area contributed by atoms with Gasteiger partial charge in [0.05, 0.1) is 18.5 Å². The van der Waals surface area contributed by atoms with Crippen molar-refractivity contribution in [3.63, 3.8) is 0 Å². The molecular weight excluding hydrogens is 382 g/mol. The van der Waals surface area contributed by atoms with Crippen LogP contribution in [0.25, 0.3) is 22.8 Å². The number of rotatable bonds is 4. The first-order valence-corrected chi connectivity index (χ1v) is 9.97. The minimum absolute atomic E-state index is 0.209. The third kappa shape index (κ3) is 4.49. The molecule has 0 saturated carbocycles. The Bertz CT molecular complexity index is 1000. The van der Waals surface area contributed by atoms with Crippen LogP contribution in [0.1, 0.15) is 20.8 Å². The highest BCUT2D eigenvalue weighted by Crippen LogP contribution is 2.26. The molecule has 1 aliphatic rings. The Morgan fingerprint density at radius 2 is 1.83 bits per heavy atom. The van der Waals surface area contributed by atoms with Crippen LogP contribution in [-0.2, 0) is 9.63 Å². The van der Waals surface area contributed by atoms with Crippen molar-refractivity contribution in [2.24, 2.45) is 5.41 Å². The van der Waals surface area contributed by atoms with Gasteiger partial charge in [-0.05, 0) is 51.1 Å². The fraction of sp³-hybridized carbons (Fsp3) is 0.364. The molecule has 0 N–H and O–H groups in total. The van der Waals surface area contributed by atoms with Gasteiger partial charge in [0.15, 0.2) is 0 Å². The quantitative estimate of drug-likeness (QED) is 0.650. The lowest BCUT2D eigenvalue weighted by atomic mass is 9.98. The van der Waals surface area contributed by atoms with E-state index in [2.05, 4.69) is 26.1 Å². The molecule has 4 rings (SSSR count). The summed E-state index contributed by atoms with van der Waals surface area (Å²) in [5.74, 6) is 0.769. The minimum Gasteiger partial charge on any atom is -0.369 e. The van der Waals surface area contributed by atoms with Gasteiger partial charge in [0.2, 0.25) is 5.82 Å². The number of benzene rings is 1. The number of hydrogen-bond acceptors (Lipinski definition) is 8. The van der Waals surface area contributed by atoms with Crippen LogP contribution in [0, 0.1) is 5.41 Å². The highest BCUT2D eigenvalue weighted by atomic mass is 16.7. The monoisotopic (exact) mass is 407 g/mol. The first-order chi connectivity index (χ1) is 14.4. The van der Waals surface area contributed by atoms with E-state index in [9.17, 15) is 4.79 Å². The van der Waals surface area contributed by atoms with Crippen molar-refractivity contribution in [1.82, 2.24) is 20.2 Å². The second-order valence-corrected chi connectivity index (χ2v) is 8.26.